The fourth-order valence-electron chi connectivity index (χ4n) is 1.75. The van der Waals surface area contributed by atoms with E-state index in [-0.39, 0.29) is 0 Å². The Labute approximate surface area is 84.4 Å². The van der Waals surface area contributed by atoms with Gasteiger partial charge in [0.15, 0.2) is 0 Å². The molecule has 0 aliphatic carbocycles. The van der Waals surface area contributed by atoms with Crippen LogP contribution in [0.15, 0.2) is 22.9 Å². The van der Waals surface area contributed by atoms with E-state index in [1.54, 1.807) is 22.7 Å². The third-order valence-electron chi connectivity index (χ3n) is 2.41. The summed E-state index contributed by atoms with van der Waals surface area (Å²) in [6.07, 6.45) is 0. The van der Waals surface area contributed by atoms with E-state index in [0.29, 0.717) is 0 Å². The summed E-state index contributed by atoms with van der Waals surface area (Å²) in [5.41, 5.74) is 0. The van der Waals surface area contributed by atoms with Gasteiger partial charge < -0.3 is 4.57 Å². The molecule has 1 aliphatic heterocycles. The maximum Gasteiger partial charge on any atom is 0.143 e. The molecule has 0 atom stereocenters. The van der Waals surface area contributed by atoms with Gasteiger partial charge in [0.25, 0.3) is 0 Å². The molecule has 0 aromatic carbocycles. The van der Waals surface area contributed by atoms with Gasteiger partial charge in [-0.3, -0.25) is 0 Å². The Hall–Kier alpha value is -0.370. The van der Waals surface area contributed by atoms with E-state index in [1.807, 2.05) is 29.6 Å². The Morgan fingerprint density at radius 3 is 2.00 bits per heavy atom. The second-order valence-electron chi connectivity index (χ2n) is 3.19. The number of hydrogen-bond acceptors (Lipinski definition) is 3. The highest BCUT2D eigenvalue weighted by atomic mass is 32.1. The topological polar surface area (TPSA) is 17.1 Å². The fraction of sp³-hybridized carbons (Fsp3) is 0.111. The minimum Gasteiger partial charge on any atom is -0.314 e. The van der Waals surface area contributed by atoms with Crippen LogP contribution in [-0.2, 0) is 4.57 Å². The smallest absolute Gasteiger partial charge is 0.143 e. The van der Waals surface area contributed by atoms with Gasteiger partial charge in [0, 0.05) is 10.6 Å². The molecule has 0 unspecified atom stereocenters. The van der Waals surface area contributed by atoms with Gasteiger partial charge in [-0.2, -0.15) is 0 Å². The Morgan fingerprint density at radius 1 is 1.08 bits per heavy atom. The molecule has 0 radical (unpaired) electrons. The van der Waals surface area contributed by atoms with E-state index in [1.165, 1.54) is 9.75 Å². The van der Waals surface area contributed by atoms with Crippen molar-refractivity contribution >= 4 is 40.4 Å². The summed E-state index contributed by atoms with van der Waals surface area (Å²) < 4.78 is 12.4. The Morgan fingerprint density at radius 2 is 1.54 bits per heavy atom. The van der Waals surface area contributed by atoms with Crippen molar-refractivity contribution in [3.8, 4) is 9.75 Å². The van der Waals surface area contributed by atoms with Crippen molar-refractivity contribution in [3.05, 3.63) is 22.9 Å². The molecule has 0 spiro atoms. The lowest BCUT2D eigenvalue weighted by atomic mass is 10.4. The SMILES string of the molecule is CP1(=O)c2ccsc2-c2sccc21. The Bertz CT molecular complexity index is 479. The molecule has 0 amide bonds. The van der Waals surface area contributed by atoms with Crippen molar-refractivity contribution < 1.29 is 4.57 Å². The average molecular weight is 226 g/mol. The van der Waals surface area contributed by atoms with Crippen LogP contribution in [0.2, 0.25) is 0 Å². The van der Waals surface area contributed by atoms with E-state index in [9.17, 15) is 4.57 Å². The summed E-state index contributed by atoms with van der Waals surface area (Å²) in [4.78, 5) is 2.46. The normalized spacial score (nSPS) is 17.0. The number of fused-ring (bicyclic) bond motifs is 3. The molecule has 4 heteroatoms. The van der Waals surface area contributed by atoms with E-state index in [4.69, 9.17) is 0 Å². The fourth-order valence-corrected chi connectivity index (χ4v) is 7.22. The van der Waals surface area contributed by atoms with Crippen LogP contribution in [0.25, 0.3) is 9.75 Å². The van der Waals surface area contributed by atoms with Gasteiger partial charge in [0.2, 0.25) is 0 Å². The van der Waals surface area contributed by atoms with Crippen LogP contribution in [0, 0.1) is 0 Å². The summed E-state index contributed by atoms with van der Waals surface area (Å²) in [6, 6.07) is 4.01. The first-order valence-corrected chi connectivity index (χ1v) is 7.86. The summed E-state index contributed by atoms with van der Waals surface area (Å²) in [6.45, 7) is 1.87. The van der Waals surface area contributed by atoms with Crippen LogP contribution < -0.4 is 10.6 Å². The second-order valence-corrected chi connectivity index (χ2v) is 7.84. The number of rotatable bonds is 0. The van der Waals surface area contributed by atoms with Crippen molar-refractivity contribution in [2.24, 2.45) is 0 Å². The van der Waals surface area contributed by atoms with Gasteiger partial charge in [-0.15, -0.1) is 22.7 Å². The quantitative estimate of drug-likeness (QED) is 0.631. The largest absolute Gasteiger partial charge is 0.314 e. The van der Waals surface area contributed by atoms with Gasteiger partial charge in [0.1, 0.15) is 7.14 Å². The molecule has 3 rings (SSSR count). The highest BCUT2D eigenvalue weighted by molar-refractivity contribution is 7.80. The van der Waals surface area contributed by atoms with Crippen LogP contribution in [0.3, 0.4) is 0 Å². The predicted molar refractivity (Wildman–Crippen MR) is 60.4 cm³/mol. The maximum atomic E-state index is 12.4. The minimum atomic E-state index is -2.21. The van der Waals surface area contributed by atoms with Crippen molar-refractivity contribution in [1.82, 2.24) is 0 Å². The van der Waals surface area contributed by atoms with Gasteiger partial charge in [-0.25, -0.2) is 0 Å². The van der Waals surface area contributed by atoms with Crippen LogP contribution in [0.4, 0.5) is 0 Å². The molecule has 13 heavy (non-hydrogen) atoms. The monoisotopic (exact) mass is 226 g/mol. The van der Waals surface area contributed by atoms with E-state index < -0.39 is 7.14 Å². The summed E-state index contributed by atoms with van der Waals surface area (Å²) in [5, 5.41) is 6.20. The van der Waals surface area contributed by atoms with Crippen molar-refractivity contribution in [3.63, 3.8) is 0 Å². The van der Waals surface area contributed by atoms with E-state index in [0.717, 1.165) is 10.6 Å². The number of thiophene rings is 2. The average Bonchev–Trinajstić information content (AvgIpc) is 2.74. The molecule has 2 aromatic rings. The van der Waals surface area contributed by atoms with Crippen molar-refractivity contribution in [1.29, 1.82) is 0 Å². The zero-order chi connectivity index (χ0) is 9.05. The molecular formula is C9H7OPS2. The van der Waals surface area contributed by atoms with Crippen LogP contribution in [-0.4, -0.2) is 6.66 Å². The third kappa shape index (κ3) is 0.850. The lowest BCUT2D eigenvalue weighted by Crippen LogP contribution is -2.05. The first-order valence-electron chi connectivity index (χ1n) is 3.95. The second kappa shape index (κ2) is 2.35. The third-order valence-corrected chi connectivity index (χ3v) is 7.29. The lowest BCUT2D eigenvalue weighted by Gasteiger charge is -2.03. The van der Waals surface area contributed by atoms with E-state index >= 15 is 0 Å². The van der Waals surface area contributed by atoms with Gasteiger partial charge >= 0.3 is 0 Å². The molecule has 3 heterocycles. The summed E-state index contributed by atoms with van der Waals surface area (Å²) in [5.74, 6) is 0. The summed E-state index contributed by atoms with van der Waals surface area (Å²) in [7, 11) is -2.21. The van der Waals surface area contributed by atoms with Gasteiger partial charge in [0.05, 0.1) is 9.75 Å². The summed E-state index contributed by atoms with van der Waals surface area (Å²) >= 11 is 3.40. The highest BCUT2D eigenvalue weighted by Crippen LogP contribution is 2.53. The molecule has 66 valence electrons. The molecular weight excluding hydrogens is 219 g/mol. The zero-order valence-corrected chi connectivity index (χ0v) is 9.51. The van der Waals surface area contributed by atoms with Crippen LogP contribution in [0.5, 0.6) is 0 Å². The molecule has 2 aromatic heterocycles. The molecule has 1 aliphatic rings. The van der Waals surface area contributed by atoms with Gasteiger partial charge in [-0.1, -0.05) is 0 Å². The van der Waals surface area contributed by atoms with Crippen LogP contribution >= 0.6 is 29.8 Å². The molecule has 0 N–H and O–H groups in total. The minimum absolute atomic E-state index is 1.07. The maximum absolute atomic E-state index is 12.4. The van der Waals surface area contributed by atoms with Crippen molar-refractivity contribution in [2.75, 3.05) is 6.66 Å². The van der Waals surface area contributed by atoms with Crippen molar-refractivity contribution in [2.45, 2.75) is 0 Å². The zero-order valence-electron chi connectivity index (χ0n) is 6.98. The van der Waals surface area contributed by atoms with Gasteiger partial charge in [-0.05, 0) is 29.6 Å². The molecule has 0 saturated heterocycles. The first kappa shape index (κ1) is 7.98. The highest BCUT2D eigenvalue weighted by Gasteiger charge is 2.36. The molecule has 1 nitrogen and oxygen atoms in total. The Kier molecular flexibility index (Phi) is 1.44. The lowest BCUT2D eigenvalue weighted by molar-refractivity contribution is 0.591. The first-order chi connectivity index (χ1) is 6.21. The van der Waals surface area contributed by atoms with E-state index in [2.05, 4.69) is 0 Å². The Balaban J connectivity index is 2.51. The molecule has 0 fully saturated rings. The predicted octanol–water partition coefficient (Wildman–Crippen LogP) is 2.73. The molecule has 0 bridgehead atoms. The van der Waals surface area contributed by atoms with Crippen LogP contribution in [0.1, 0.15) is 0 Å². The number of hydrogen-bond donors (Lipinski definition) is 0. The molecule has 0 saturated carbocycles. The standard InChI is InChI=1S/C9H7OPS2/c1-11(10)6-2-4-12-8(6)9-7(11)3-5-13-9/h2-5H,1H3.